The number of hydrogen-bond donors (Lipinski definition) is 1. The van der Waals surface area contributed by atoms with E-state index in [0.29, 0.717) is 6.54 Å². The Hall–Kier alpha value is -2.27. The smallest absolute Gasteiger partial charge is 0.217 e. The number of benzene rings is 1. The van der Waals surface area contributed by atoms with Gasteiger partial charge in [-0.3, -0.25) is 14.7 Å². The molecule has 0 saturated carbocycles. The summed E-state index contributed by atoms with van der Waals surface area (Å²) in [5.41, 5.74) is 3.02. The van der Waals surface area contributed by atoms with Crippen molar-refractivity contribution < 1.29 is 9.18 Å². The van der Waals surface area contributed by atoms with Gasteiger partial charge in [0, 0.05) is 13.5 Å². The summed E-state index contributed by atoms with van der Waals surface area (Å²) in [5.74, 6) is -0.259. The van der Waals surface area contributed by atoms with Gasteiger partial charge >= 0.3 is 0 Å². The largest absolute Gasteiger partial charge is 0.351 e. The molecule has 1 fully saturated rings. The maximum absolute atomic E-state index is 13.1. The molecule has 1 saturated heterocycles. The van der Waals surface area contributed by atoms with Crippen molar-refractivity contribution in [3.05, 3.63) is 65.2 Å². The van der Waals surface area contributed by atoms with E-state index in [0.717, 1.165) is 42.9 Å². The number of nitrogens with zero attached hydrogens (tertiary/aromatic N) is 2. The summed E-state index contributed by atoms with van der Waals surface area (Å²) in [5, 5.41) is 2.79. The minimum atomic E-state index is -0.205. The van der Waals surface area contributed by atoms with Gasteiger partial charge in [0.2, 0.25) is 5.91 Å². The number of likely N-dealkylation sites (tertiary alicyclic amines) is 1. The zero-order valence-electron chi connectivity index (χ0n) is 13.8. The summed E-state index contributed by atoms with van der Waals surface area (Å²) < 4.78 is 13.1. The molecule has 0 spiro atoms. The van der Waals surface area contributed by atoms with E-state index in [2.05, 4.69) is 10.2 Å². The van der Waals surface area contributed by atoms with Gasteiger partial charge in [-0.2, -0.15) is 0 Å². The second-order valence-electron chi connectivity index (χ2n) is 6.22. The first-order valence-electron chi connectivity index (χ1n) is 8.30. The minimum absolute atomic E-state index is 0.0546. The lowest BCUT2D eigenvalue weighted by Crippen LogP contribution is -2.24. The maximum Gasteiger partial charge on any atom is 0.217 e. The molecule has 1 aliphatic rings. The first kappa shape index (κ1) is 16.6. The number of nitrogens with one attached hydrogen (secondary N) is 1. The van der Waals surface area contributed by atoms with Gasteiger partial charge in [-0.25, -0.2) is 4.39 Å². The van der Waals surface area contributed by atoms with Gasteiger partial charge < -0.3 is 5.32 Å². The second kappa shape index (κ2) is 7.53. The third-order valence-electron chi connectivity index (χ3n) is 4.35. The monoisotopic (exact) mass is 327 g/mol. The van der Waals surface area contributed by atoms with E-state index in [1.165, 1.54) is 19.1 Å². The van der Waals surface area contributed by atoms with Gasteiger partial charge in [0.05, 0.1) is 24.0 Å². The average Bonchev–Trinajstić information content (AvgIpc) is 3.03. The molecule has 4 nitrogen and oxygen atoms in total. The van der Waals surface area contributed by atoms with E-state index in [4.69, 9.17) is 4.98 Å². The Kier molecular flexibility index (Phi) is 5.20. The van der Waals surface area contributed by atoms with Crippen molar-refractivity contribution in [3.63, 3.8) is 0 Å². The second-order valence-corrected chi connectivity index (χ2v) is 6.22. The Morgan fingerprint density at radius 3 is 2.83 bits per heavy atom. The number of carbonyl (C=O) groups excluding carboxylic acids is 1. The molecule has 1 aromatic heterocycles. The molecule has 3 rings (SSSR count). The van der Waals surface area contributed by atoms with Crippen LogP contribution in [0.15, 0.2) is 42.5 Å². The van der Waals surface area contributed by atoms with Crippen LogP contribution in [-0.2, 0) is 17.9 Å². The zero-order chi connectivity index (χ0) is 16.9. The normalized spacial score (nSPS) is 17.8. The van der Waals surface area contributed by atoms with E-state index in [9.17, 15) is 9.18 Å². The summed E-state index contributed by atoms with van der Waals surface area (Å²) in [6.45, 7) is 3.77. The molecule has 126 valence electrons. The highest BCUT2D eigenvalue weighted by Crippen LogP contribution is 2.32. The Labute approximate surface area is 141 Å². The number of aromatic nitrogens is 1. The predicted molar refractivity (Wildman–Crippen MR) is 90.5 cm³/mol. The SMILES string of the molecule is CC(=O)NCc1cccc([C@@H]2CCCN2Cc2ccc(F)cc2)n1. The summed E-state index contributed by atoms with van der Waals surface area (Å²) >= 11 is 0. The number of pyridine rings is 1. The van der Waals surface area contributed by atoms with Crippen LogP contribution in [0.25, 0.3) is 0 Å². The van der Waals surface area contributed by atoms with Crippen LogP contribution in [0.3, 0.4) is 0 Å². The Morgan fingerprint density at radius 1 is 1.29 bits per heavy atom. The van der Waals surface area contributed by atoms with Gasteiger partial charge in [-0.15, -0.1) is 0 Å². The van der Waals surface area contributed by atoms with E-state index in [1.54, 1.807) is 0 Å². The molecule has 0 aliphatic carbocycles. The van der Waals surface area contributed by atoms with E-state index >= 15 is 0 Å². The predicted octanol–water partition coefficient (Wildman–Crippen LogP) is 3.19. The molecule has 1 N–H and O–H groups in total. The molecule has 1 aromatic carbocycles. The maximum atomic E-state index is 13.1. The van der Waals surface area contributed by atoms with Crippen molar-refractivity contribution >= 4 is 5.91 Å². The van der Waals surface area contributed by atoms with Gasteiger partial charge in [0.25, 0.3) is 0 Å². The van der Waals surface area contributed by atoms with Crippen LogP contribution in [0.5, 0.6) is 0 Å². The summed E-state index contributed by atoms with van der Waals surface area (Å²) in [7, 11) is 0. The van der Waals surface area contributed by atoms with Gasteiger partial charge in [0.1, 0.15) is 5.82 Å². The number of hydrogen-bond acceptors (Lipinski definition) is 3. The zero-order valence-corrected chi connectivity index (χ0v) is 13.8. The van der Waals surface area contributed by atoms with Crippen molar-refractivity contribution in [2.75, 3.05) is 6.54 Å². The quantitative estimate of drug-likeness (QED) is 0.917. The molecule has 2 heterocycles. The Morgan fingerprint density at radius 2 is 2.08 bits per heavy atom. The van der Waals surface area contributed by atoms with Crippen molar-refractivity contribution in [1.82, 2.24) is 15.2 Å². The van der Waals surface area contributed by atoms with Gasteiger partial charge in [-0.1, -0.05) is 18.2 Å². The molecule has 2 aromatic rings. The van der Waals surface area contributed by atoms with Crippen LogP contribution in [-0.4, -0.2) is 22.3 Å². The van der Waals surface area contributed by atoms with Crippen LogP contribution < -0.4 is 5.32 Å². The number of amides is 1. The highest BCUT2D eigenvalue weighted by Gasteiger charge is 2.27. The number of halogens is 1. The molecule has 1 aliphatic heterocycles. The molecular weight excluding hydrogens is 305 g/mol. The molecule has 5 heteroatoms. The van der Waals surface area contributed by atoms with Gasteiger partial charge in [-0.05, 0) is 49.2 Å². The molecule has 0 bridgehead atoms. The lowest BCUT2D eigenvalue weighted by Gasteiger charge is -2.24. The molecule has 24 heavy (non-hydrogen) atoms. The number of carbonyl (C=O) groups is 1. The fourth-order valence-electron chi connectivity index (χ4n) is 3.17. The third kappa shape index (κ3) is 4.17. The minimum Gasteiger partial charge on any atom is -0.351 e. The summed E-state index contributed by atoms with van der Waals surface area (Å²) in [6.07, 6.45) is 2.20. The number of rotatable bonds is 5. The fraction of sp³-hybridized carbons (Fsp3) is 0.368. The van der Waals surface area contributed by atoms with Crippen LogP contribution in [0.4, 0.5) is 4.39 Å². The molecule has 1 amide bonds. The molecule has 0 radical (unpaired) electrons. The van der Waals surface area contributed by atoms with Crippen molar-refractivity contribution in [3.8, 4) is 0 Å². The Balaban J connectivity index is 1.71. The van der Waals surface area contributed by atoms with E-state index < -0.39 is 0 Å². The van der Waals surface area contributed by atoms with Crippen LogP contribution in [0, 0.1) is 5.82 Å². The lowest BCUT2D eigenvalue weighted by atomic mass is 10.1. The highest BCUT2D eigenvalue weighted by atomic mass is 19.1. The van der Waals surface area contributed by atoms with Gasteiger partial charge in [0.15, 0.2) is 0 Å². The Bertz CT molecular complexity index is 702. The van der Waals surface area contributed by atoms with Crippen molar-refractivity contribution in [2.45, 2.75) is 38.9 Å². The third-order valence-corrected chi connectivity index (χ3v) is 4.35. The van der Waals surface area contributed by atoms with Crippen molar-refractivity contribution in [2.24, 2.45) is 0 Å². The van der Waals surface area contributed by atoms with Crippen LogP contribution in [0.1, 0.15) is 42.8 Å². The van der Waals surface area contributed by atoms with E-state index in [-0.39, 0.29) is 17.8 Å². The summed E-state index contributed by atoms with van der Waals surface area (Å²) in [4.78, 5) is 18.2. The topological polar surface area (TPSA) is 45.2 Å². The van der Waals surface area contributed by atoms with E-state index in [1.807, 2.05) is 30.3 Å². The summed E-state index contributed by atoms with van der Waals surface area (Å²) in [6, 6.07) is 12.9. The molecular formula is C19H22FN3O. The first-order chi connectivity index (χ1) is 11.6. The van der Waals surface area contributed by atoms with Crippen molar-refractivity contribution in [1.29, 1.82) is 0 Å². The average molecular weight is 327 g/mol. The van der Waals surface area contributed by atoms with Crippen LogP contribution >= 0.6 is 0 Å². The molecule has 1 atom stereocenters. The standard InChI is InChI=1S/C19H22FN3O/c1-14(24)21-12-17-4-2-5-18(22-17)19-6-3-11-23(19)13-15-7-9-16(20)10-8-15/h2,4-5,7-10,19H,3,6,11-13H2,1H3,(H,21,24)/t19-/m0/s1. The van der Waals surface area contributed by atoms with Crippen LogP contribution in [0.2, 0.25) is 0 Å². The molecule has 0 unspecified atom stereocenters. The lowest BCUT2D eigenvalue weighted by molar-refractivity contribution is -0.119. The fourth-order valence-corrected chi connectivity index (χ4v) is 3.17. The highest BCUT2D eigenvalue weighted by molar-refractivity contribution is 5.72. The first-order valence-corrected chi connectivity index (χ1v) is 8.30.